The van der Waals surface area contributed by atoms with E-state index < -0.39 is 6.36 Å². The van der Waals surface area contributed by atoms with Crippen LogP contribution in [0.15, 0.2) is 54.6 Å². The minimum atomic E-state index is -4.73. The number of alkyl halides is 3. The van der Waals surface area contributed by atoms with Crippen LogP contribution in [-0.4, -0.2) is 18.9 Å². The second kappa shape index (κ2) is 8.24. The molecule has 0 spiro atoms. The molecule has 0 aliphatic carbocycles. The third-order valence-corrected chi connectivity index (χ3v) is 2.93. The van der Waals surface area contributed by atoms with Gasteiger partial charge in [-0.25, -0.2) is 0 Å². The number of carbonyl (C=O) groups excluding carboxylic acids is 1. The van der Waals surface area contributed by atoms with E-state index in [-0.39, 0.29) is 18.1 Å². The predicted molar refractivity (Wildman–Crippen MR) is 82.9 cm³/mol. The monoisotopic (exact) mass is 339 g/mol. The minimum Gasteiger partial charge on any atom is -0.494 e. The van der Waals surface area contributed by atoms with Crippen LogP contribution in [0, 0.1) is 0 Å². The summed E-state index contributed by atoms with van der Waals surface area (Å²) >= 11 is 0. The quantitative estimate of drug-likeness (QED) is 0.762. The second-order valence-electron chi connectivity index (χ2n) is 4.89. The predicted octanol–water partition coefficient (Wildman–Crippen LogP) is 4.38. The van der Waals surface area contributed by atoms with Crippen molar-refractivity contribution in [1.82, 2.24) is 0 Å². The van der Waals surface area contributed by atoms with Gasteiger partial charge in [0.25, 0.3) is 0 Å². The van der Waals surface area contributed by atoms with Crippen molar-refractivity contribution in [2.24, 2.45) is 0 Å². The first-order valence-electron chi connectivity index (χ1n) is 7.26. The summed E-state index contributed by atoms with van der Waals surface area (Å²) in [6.07, 6.45) is -3.97. The van der Waals surface area contributed by atoms with Crippen LogP contribution < -0.4 is 14.8 Å². The number of rotatable bonds is 7. The lowest BCUT2D eigenvalue weighted by Gasteiger charge is -2.10. The smallest absolute Gasteiger partial charge is 0.494 e. The Bertz CT molecular complexity index is 642. The Balaban J connectivity index is 1.70. The van der Waals surface area contributed by atoms with Gasteiger partial charge in [-0.3, -0.25) is 4.79 Å². The summed E-state index contributed by atoms with van der Waals surface area (Å²) in [6.45, 7) is 0.399. The molecule has 2 rings (SSSR count). The standard InChI is InChI=1S/C17H16F3NO3/c18-17(19,20)24-15-10-8-13(9-11-15)21-16(22)7-4-12-23-14-5-2-1-3-6-14/h1-3,5-6,8-11H,4,7,12H2,(H,21,22). The number of hydrogen-bond donors (Lipinski definition) is 1. The van der Waals surface area contributed by atoms with Crippen LogP contribution in [0.4, 0.5) is 18.9 Å². The van der Waals surface area contributed by atoms with Crippen molar-refractivity contribution in [1.29, 1.82) is 0 Å². The number of halogens is 3. The molecule has 2 aromatic carbocycles. The molecule has 0 saturated heterocycles. The van der Waals surface area contributed by atoms with Gasteiger partial charge in [0.1, 0.15) is 11.5 Å². The van der Waals surface area contributed by atoms with Crippen molar-refractivity contribution in [3.63, 3.8) is 0 Å². The summed E-state index contributed by atoms with van der Waals surface area (Å²) in [5.74, 6) is 0.158. The van der Waals surface area contributed by atoms with E-state index in [9.17, 15) is 18.0 Å². The zero-order valence-corrected chi connectivity index (χ0v) is 12.7. The van der Waals surface area contributed by atoms with E-state index in [1.807, 2.05) is 30.3 Å². The van der Waals surface area contributed by atoms with Gasteiger partial charge in [0.05, 0.1) is 6.61 Å². The average Bonchev–Trinajstić information content (AvgIpc) is 2.53. The van der Waals surface area contributed by atoms with Crippen molar-refractivity contribution in [3.05, 3.63) is 54.6 Å². The molecule has 0 aliphatic rings. The fraction of sp³-hybridized carbons (Fsp3) is 0.235. The molecule has 128 valence electrons. The molecule has 0 saturated carbocycles. The highest BCUT2D eigenvalue weighted by Gasteiger charge is 2.30. The maximum Gasteiger partial charge on any atom is 0.573 e. The summed E-state index contributed by atoms with van der Waals surface area (Å²) < 4.78 is 45.4. The Hall–Kier alpha value is -2.70. The topological polar surface area (TPSA) is 47.6 Å². The van der Waals surface area contributed by atoms with Crippen LogP contribution in [0.1, 0.15) is 12.8 Å². The van der Waals surface area contributed by atoms with Gasteiger partial charge >= 0.3 is 6.36 Å². The van der Waals surface area contributed by atoms with E-state index in [4.69, 9.17) is 4.74 Å². The molecule has 0 aromatic heterocycles. The van der Waals surface area contributed by atoms with Crippen LogP contribution >= 0.6 is 0 Å². The summed E-state index contributed by atoms with van der Waals surface area (Å²) in [4.78, 5) is 11.8. The van der Waals surface area contributed by atoms with Crippen molar-refractivity contribution in [3.8, 4) is 11.5 Å². The molecule has 0 radical (unpaired) electrons. The molecule has 1 amide bonds. The van der Waals surface area contributed by atoms with Crippen molar-refractivity contribution in [2.45, 2.75) is 19.2 Å². The highest BCUT2D eigenvalue weighted by Crippen LogP contribution is 2.24. The molecule has 0 aliphatic heterocycles. The number of carbonyl (C=O) groups is 1. The molecule has 4 nitrogen and oxygen atoms in total. The molecule has 0 fully saturated rings. The van der Waals surface area contributed by atoms with Gasteiger partial charge in [-0.2, -0.15) is 0 Å². The number of ether oxygens (including phenoxy) is 2. The third kappa shape index (κ3) is 6.60. The second-order valence-corrected chi connectivity index (χ2v) is 4.89. The summed E-state index contributed by atoms with van der Waals surface area (Å²) in [6, 6.07) is 14.2. The number of amides is 1. The number of hydrogen-bond acceptors (Lipinski definition) is 3. The zero-order chi connectivity index (χ0) is 17.4. The highest BCUT2D eigenvalue weighted by atomic mass is 19.4. The maximum absolute atomic E-state index is 12.0. The zero-order valence-electron chi connectivity index (χ0n) is 12.7. The summed E-state index contributed by atoms with van der Waals surface area (Å²) in [5.41, 5.74) is 0.401. The minimum absolute atomic E-state index is 0.240. The Morgan fingerprint density at radius 1 is 0.958 bits per heavy atom. The maximum atomic E-state index is 12.0. The molecule has 7 heteroatoms. The third-order valence-electron chi connectivity index (χ3n) is 2.93. The van der Waals surface area contributed by atoms with Crippen molar-refractivity contribution < 1.29 is 27.4 Å². The normalized spacial score (nSPS) is 11.0. The number of para-hydroxylation sites is 1. The lowest BCUT2D eigenvalue weighted by Crippen LogP contribution is -2.17. The molecular weight excluding hydrogens is 323 g/mol. The Morgan fingerprint density at radius 2 is 1.62 bits per heavy atom. The Labute approximate surface area is 137 Å². The van der Waals surface area contributed by atoms with Gasteiger partial charge in [0.2, 0.25) is 5.91 Å². The fourth-order valence-electron chi connectivity index (χ4n) is 1.90. The van der Waals surface area contributed by atoms with E-state index in [2.05, 4.69) is 10.1 Å². The van der Waals surface area contributed by atoms with Crippen LogP contribution in [0.2, 0.25) is 0 Å². The molecule has 0 bridgehead atoms. The molecule has 0 unspecified atom stereocenters. The Kier molecular flexibility index (Phi) is 6.06. The number of benzene rings is 2. The van der Waals surface area contributed by atoms with E-state index in [1.165, 1.54) is 12.1 Å². The van der Waals surface area contributed by atoms with Gasteiger partial charge < -0.3 is 14.8 Å². The number of anilines is 1. The molecule has 1 N–H and O–H groups in total. The van der Waals surface area contributed by atoms with E-state index in [0.717, 1.165) is 17.9 Å². The molecular formula is C17H16F3NO3. The first-order chi connectivity index (χ1) is 11.4. The molecule has 2 aromatic rings. The van der Waals surface area contributed by atoms with E-state index in [1.54, 1.807) is 0 Å². The lowest BCUT2D eigenvalue weighted by molar-refractivity contribution is -0.274. The molecule has 0 atom stereocenters. The van der Waals surface area contributed by atoms with Crippen LogP contribution in [0.25, 0.3) is 0 Å². The van der Waals surface area contributed by atoms with Crippen LogP contribution in [0.5, 0.6) is 11.5 Å². The summed E-state index contributed by atoms with van der Waals surface area (Å²) in [5, 5.41) is 2.60. The van der Waals surface area contributed by atoms with Crippen molar-refractivity contribution in [2.75, 3.05) is 11.9 Å². The van der Waals surface area contributed by atoms with Crippen molar-refractivity contribution >= 4 is 11.6 Å². The molecule has 0 heterocycles. The largest absolute Gasteiger partial charge is 0.573 e. The fourth-order valence-corrected chi connectivity index (χ4v) is 1.90. The lowest BCUT2D eigenvalue weighted by atomic mass is 10.2. The number of nitrogens with one attached hydrogen (secondary N) is 1. The van der Waals surface area contributed by atoms with Gasteiger partial charge in [-0.05, 0) is 42.8 Å². The molecule has 24 heavy (non-hydrogen) atoms. The SMILES string of the molecule is O=C(CCCOc1ccccc1)Nc1ccc(OC(F)(F)F)cc1. The van der Waals surface area contributed by atoms with Gasteiger partial charge in [-0.15, -0.1) is 13.2 Å². The highest BCUT2D eigenvalue weighted by molar-refractivity contribution is 5.90. The van der Waals surface area contributed by atoms with Crippen LogP contribution in [0.3, 0.4) is 0 Å². The average molecular weight is 339 g/mol. The first kappa shape index (κ1) is 17.7. The summed E-state index contributed by atoms with van der Waals surface area (Å²) in [7, 11) is 0. The first-order valence-corrected chi connectivity index (χ1v) is 7.26. The van der Waals surface area contributed by atoms with Gasteiger partial charge in [0, 0.05) is 12.1 Å². The Morgan fingerprint density at radius 3 is 2.25 bits per heavy atom. The van der Waals surface area contributed by atoms with Crippen LogP contribution in [-0.2, 0) is 4.79 Å². The van der Waals surface area contributed by atoms with E-state index in [0.29, 0.717) is 18.7 Å². The van der Waals surface area contributed by atoms with E-state index >= 15 is 0 Å². The van der Waals surface area contributed by atoms with Gasteiger partial charge in [0.15, 0.2) is 0 Å². The van der Waals surface area contributed by atoms with Gasteiger partial charge in [-0.1, -0.05) is 18.2 Å².